The highest BCUT2D eigenvalue weighted by molar-refractivity contribution is 8.00. The Morgan fingerprint density at radius 2 is 1.84 bits per heavy atom. The van der Waals surface area contributed by atoms with Crippen molar-refractivity contribution in [2.75, 3.05) is 0 Å². The fourth-order valence-electron chi connectivity index (χ4n) is 3.96. The van der Waals surface area contributed by atoms with Crippen molar-refractivity contribution >= 4 is 23.5 Å². The number of aliphatic hydroxyl groups excluding tert-OH is 1. The third-order valence-electron chi connectivity index (χ3n) is 6.20. The van der Waals surface area contributed by atoms with Gasteiger partial charge in [-0.1, -0.05) is 32.0 Å². The van der Waals surface area contributed by atoms with Gasteiger partial charge in [-0.15, -0.1) is 33.7 Å². The molecule has 0 radical (unpaired) electrons. The number of nitrogens with zero attached hydrogens (tertiary/aromatic N) is 6. The van der Waals surface area contributed by atoms with Crippen molar-refractivity contribution < 1.29 is 19.0 Å². The molecule has 4 atom stereocenters. The minimum Gasteiger partial charge on any atom is -0.387 e. The maximum atomic E-state index is 14.8. The first-order chi connectivity index (χ1) is 17.7. The maximum Gasteiger partial charge on any atom is 0.142 e. The Labute approximate surface area is 222 Å². The molecule has 2 aromatic carbocycles. The van der Waals surface area contributed by atoms with Crippen molar-refractivity contribution in [3.05, 3.63) is 90.0 Å². The molecule has 0 aliphatic rings. The van der Waals surface area contributed by atoms with Gasteiger partial charge in [0.25, 0.3) is 0 Å². The van der Waals surface area contributed by atoms with Crippen LogP contribution >= 0.6 is 23.5 Å². The summed E-state index contributed by atoms with van der Waals surface area (Å²) in [6.07, 6.45) is 3.57. The molecule has 4 rings (SSSR count). The topological polar surface area (TPSA) is 102 Å². The first-order valence-electron chi connectivity index (χ1n) is 11.6. The normalized spacial score (nSPS) is 15.8. The third-order valence-corrected chi connectivity index (χ3v) is 8.69. The van der Waals surface area contributed by atoms with Crippen molar-refractivity contribution in [3.8, 4) is 0 Å². The van der Waals surface area contributed by atoms with Gasteiger partial charge in [0, 0.05) is 34.1 Å². The molecule has 0 spiro atoms. The van der Waals surface area contributed by atoms with Gasteiger partial charge in [0.15, 0.2) is 0 Å². The van der Waals surface area contributed by atoms with Gasteiger partial charge >= 0.3 is 0 Å². The second-order valence-corrected chi connectivity index (χ2v) is 11.6. The summed E-state index contributed by atoms with van der Waals surface area (Å²) in [7, 11) is 1.90. The van der Waals surface area contributed by atoms with Crippen LogP contribution in [0.4, 0.5) is 8.78 Å². The van der Waals surface area contributed by atoms with E-state index in [1.165, 1.54) is 35.2 Å². The highest BCUT2D eigenvalue weighted by Gasteiger charge is 2.41. The summed E-state index contributed by atoms with van der Waals surface area (Å²) in [5.41, 5.74) is -1.07. The molecule has 2 N–H and O–H groups in total. The molecule has 0 bridgehead atoms. The molecule has 4 aromatic rings. The van der Waals surface area contributed by atoms with Crippen LogP contribution in [0.1, 0.15) is 36.9 Å². The summed E-state index contributed by atoms with van der Waals surface area (Å²) in [5, 5.41) is 33.8. The lowest BCUT2D eigenvalue weighted by Gasteiger charge is -2.36. The Balaban J connectivity index is 1.46. The van der Waals surface area contributed by atoms with Crippen LogP contribution < -0.4 is 0 Å². The minimum absolute atomic E-state index is 0.0459. The molecule has 0 saturated carbocycles. The molecule has 0 saturated heterocycles. The second kappa shape index (κ2) is 11.7. The lowest BCUT2D eigenvalue weighted by Crippen LogP contribution is -2.42. The van der Waals surface area contributed by atoms with Crippen molar-refractivity contribution in [1.82, 2.24) is 29.5 Å². The number of thioether (sulfide) groups is 2. The van der Waals surface area contributed by atoms with Gasteiger partial charge in [-0.25, -0.2) is 18.4 Å². The van der Waals surface area contributed by atoms with Crippen LogP contribution in [0.25, 0.3) is 0 Å². The van der Waals surface area contributed by atoms with E-state index in [4.69, 9.17) is 0 Å². The van der Waals surface area contributed by atoms with E-state index >= 15 is 0 Å². The van der Waals surface area contributed by atoms with Crippen LogP contribution in [0.2, 0.25) is 0 Å². The van der Waals surface area contributed by atoms with E-state index < -0.39 is 28.6 Å². The van der Waals surface area contributed by atoms with E-state index in [1.807, 2.05) is 42.8 Å². The van der Waals surface area contributed by atoms with Crippen molar-refractivity contribution in [1.29, 1.82) is 0 Å². The predicted molar refractivity (Wildman–Crippen MR) is 139 cm³/mol. The largest absolute Gasteiger partial charge is 0.387 e. The van der Waals surface area contributed by atoms with Crippen molar-refractivity contribution in [2.24, 2.45) is 7.05 Å². The molecular weight excluding hydrogens is 518 g/mol. The zero-order chi connectivity index (χ0) is 26.6. The Kier molecular flexibility index (Phi) is 8.63. The summed E-state index contributed by atoms with van der Waals surface area (Å²) in [6, 6.07) is 10.7. The minimum atomic E-state index is -1.75. The highest BCUT2D eigenvalue weighted by Crippen LogP contribution is 2.40. The molecule has 0 amide bonds. The van der Waals surface area contributed by atoms with Gasteiger partial charge in [-0.05, 0) is 23.8 Å². The average molecular weight is 547 g/mol. The fourth-order valence-corrected chi connectivity index (χ4v) is 6.22. The van der Waals surface area contributed by atoms with E-state index in [0.717, 1.165) is 28.4 Å². The molecule has 37 heavy (non-hydrogen) atoms. The Morgan fingerprint density at radius 3 is 2.46 bits per heavy atom. The molecule has 12 heteroatoms. The summed E-state index contributed by atoms with van der Waals surface area (Å²) in [6.45, 7) is 3.50. The van der Waals surface area contributed by atoms with Crippen molar-refractivity contribution in [2.45, 2.75) is 53.2 Å². The van der Waals surface area contributed by atoms with Gasteiger partial charge in [0.2, 0.25) is 0 Å². The number of aromatic nitrogens is 6. The van der Waals surface area contributed by atoms with Gasteiger partial charge < -0.3 is 14.8 Å². The monoisotopic (exact) mass is 546 g/mol. The van der Waals surface area contributed by atoms with E-state index in [1.54, 1.807) is 25.0 Å². The molecule has 0 aliphatic heterocycles. The van der Waals surface area contributed by atoms with Crippen LogP contribution in [0.3, 0.4) is 0 Å². The van der Waals surface area contributed by atoms with E-state index in [9.17, 15) is 19.0 Å². The summed E-state index contributed by atoms with van der Waals surface area (Å²) in [5.74, 6) is -0.0413. The Hall–Kier alpha value is -2.80. The maximum absolute atomic E-state index is 14.8. The van der Waals surface area contributed by atoms with Crippen LogP contribution in [-0.4, -0.2) is 50.2 Å². The highest BCUT2D eigenvalue weighted by atomic mass is 32.2. The summed E-state index contributed by atoms with van der Waals surface area (Å²) >= 11 is 2.93. The number of hydrogen-bond acceptors (Lipinski definition) is 8. The smallest absolute Gasteiger partial charge is 0.142 e. The molecule has 0 aliphatic carbocycles. The number of aliphatic hydroxyl groups is 2. The number of rotatable bonds is 11. The summed E-state index contributed by atoms with van der Waals surface area (Å²) in [4.78, 5) is 4.92. The van der Waals surface area contributed by atoms with Gasteiger partial charge in [-0.2, -0.15) is 5.10 Å². The van der Waals surface area contributed by atoms with Crippen molar-refractivity contribution in [3.63, 3.8) is 0 Å². The fraction of sp³-hybridized carbons (Fsp3) is 0.360. The third kappa shape index (κ3) is 6.38. The number of halogens is 2. The molecule has 8 nitrogen and oxygen atoms in total. The second-order valence-electron chi connectivity index (χ2n) is 8.79. The Bertz CT molecular complexity index is 1310. The van der Waals surface area contributed by atoms with E-state index in [0.29, 0.717) is 5.75 Å². The van der Waals surface area contributed by atoms with Crippen LogP contribution in [-0.2, 0) is 24.9 Å². The standard InChI is InChI=1S/C25H28F2N6O2S2/c1-16(24(34)18-4-7-20(8-5-18)36-11-23-31-29-15-32(23)3)37-17(2)25(35,12-33-14-28-13-30-33)21-9-6-19(26)10-22(21)27/h4-10,13-17,24,34-35H,11-12H2,1-3H3/t16?,17-,24?,25-/m1/s1. The molecular formula is C25H28F2N6O2S2. The van der Waals surface area contributed by atoms with Crippen LogP contribution in [0.15, 0.2) is 66.3 Å². The molecule has 2 unspecified atom stereocenters. The lowest BCUT2D eigenvalue weighted by atomic mass is 9.90. The first-order valence-corrected chi connectivity index (χ1v) is 13.5. The quantitative estimate of drug-likeness (QED) is 0.271. The molecule has 196 valence electrons. The van der Waals surface area contributed by atoms with Crippen LogP contribution in [0, 0.1) is 11.6 Å². The number of aryl methyl sites for hydroxylation is 1. The zero-order valence-electron chi connectivity index (χ0n) is 20.6. The van der Waals surface area contributed by atoms with Gasteiger partial charge in [-0.3, -0.25) is 0 Å². The summed E-state index contributed by atoms with van der Waals surface area (Å²) < 4.78 is 31.7. The first kappa shape index (κ1) is 27.2. The SMILES string of the molecule is CC(S[C@H](C)[C@](O)(Cn1cncn1)c1ccc(F)cc1F)C(O)c1ccc(SCc2nncn2C)cc1. The van der Waals surface area contributed by atoms with E-state index in [2.05, 4.69) is 20.3 Å². The van der Waals surface area contributed by atoms with Crippen LogP contribution in [0.5, 0.6) is 0 Å². The number of hydrogen-bond donors (Lipinski definition) is 2. The Morgan fingerprint density at radius 1 is 1.08 bits per heavy atom. The zero-order valence-corrected chi connectivity index (χ0v) is 22.2. The molecule has 2 heterocycles. The molecule has 2 aromatic heterocycles. The lowest BCUT2D eigenvalue weighted by molar-refractivity contribution is 0.0129. The van der Waals surface area contributed by atoms with Gasteiger partial charge in [0.05, 0.1) is 18.4 Å². The number of benzene rings is 2. The predicted octanol–water partition coefficient (Wildman–Crippen LogP) is 4.11. The molecule has 0 fully saturated rings. The van der Waals surface area contributed by atoms with Gasteiger partial charge in [0.1, 0.15) is 42.0 Å². The average Bonchev–Trinajstić information content (AvgIpc) is 3.53. The van der Waals surface area contributed by atoms with E-state index in [-0.39, 0.29) is 17.4 Å².